The molecule has 16 heavy (non-hydrogen) atoms. The fourth-order valence-corrected chi connectivity index (χ4v) is 1.92. The Kier molecular flexibility index (Phi) is 3.41. The number of nitrogens with zero attached hydrogens (tertiary/aromatic N) is 3. The lowest BCUT2D eigenvalue weighted by molar-refractivity contribution is 0.301. The van der Waals surface area contributed by atoms with Crippen molar-refractivity contribution in [1.82, 2.24) is 9.38 Å². The average Bonchev–Trinajstić information content (AvgIpc) is 2.76. The van der Waals surface area contributed by atoms with Gasteiger partial charge in [-0.25, -0.2) is 4.98 Å². The van der Waals surface area contributed by atoms with E-state index in [-0.39, 0.29) is 6.61 Å². The number of hydrogen-bond donors (Lipinski definition) is 1. The van der Waals surface area contributed by atoms with Crippen LogP contribution in [0.4, 0.5) is 5.82 Å². The van der Waals surface area contributed by atoms with Crippen LogP contribution in [-0.2, 0) is 0 Å². The van der Waals surface area contributed by atoms with E-state index in [4.69, 9.17) is 5.11 Å². The van der Waals surface area contributed by atoms with Crippen molar-refractivity contribution < 1.29 is 5.11 Å². The molecular weight excluding hydrogens is 202 g/mol. The lowest BCUT2D eigenvalue weighted by Crippen LogP contribution is -2.29. The van der Waals surface area contributed by atoms with Gasteiger partial charge in [-0.3, -0.25) is 4.40 Å². The largest absolute Gasteiger partial charge is 0.395 e. The van der Waals surface area contributed by atoms with Gasteiger partial charge in [-0.15, -0.1) is 0 Å². The van der Waals surface area contributed by atoms with E-state index in [1.807, 2.05) is 22.7 Å². The van der Waals surface area contributed by atoms with Crippen molar-refractivity contribution in [3.05, 3.63) is 30.6 Å². The predicted molar refractivity (Wildman–Crippen MR) is 64.8 cm³/mol. The average molecular weight is 219 g/mol. The first kappa shape index (κ1) is 11.0. The fourth-order valence-electron chi connectivity index (χ4n) is 1.92. The van der Waals surface area contributed by atoms with Gasteiger partial charge in [0.1, 0.15) is 11.5 Å². The van der Waals surface area contributed by atoms with Crippen molar-refractivity contribution in [3.63, 3.8) is 0 Å². The van der Waals surface area contributed by atoms with Crippen LogP contribution in [0.25, 0.3) is 5.65 Å². The normalized spacial score (nSPS) is 10.9. The Morgan fingerprint density at radius 2 is 2.25 bits per heavy atom. The van der Waals surface area contributed by atoms with Gasteiger partial charge < -0.3 is 10.0 Å². The lowest BCUT2D eigenvalue weighted by atomic mass is 10.3. The third-order valence-electron chi connectivity index (χ3n) is 2.59. The van der Waals surface area contributed by atoms with Crippen LogP contribution in [0.1, 0.15) is 13.3 Å². The minimum atomic E-state index is 0.172. The third-order valence-corrected chi connectivity index (χ3v) is 2.59. The highest BCUT2D eigenvalue weighted by molar-refractivity contribution is 5.51. The molecule has 0 aromatic carbocycles. The number of fused-ring (bicyclic) bond motifs is 1. The van der Waals surface area contributed by atoms with E-state index in [1.165, 1.54) is 0 Å². The van der Waals surface area contributed by atoms with Gasteiger partial charge in [-0.2, -0.15) is 0 Å². The van der Waals surface area contributed by atoms with Crippen LogP contribution in [-0.4, -0.2) is 34.2 Å². The number of anilines is 1. The maximum absolute atomic E-state index is 9.08. The molecule has 0 aliphatic carbocycles. The summed E-state index contributed by atoms with van der Waals surface area (Å²) in [5.74, 6) is 1.09. The minimum Gasteiger partial charge on any atom is -0.395 e. The van der Waals surface area contributed by atoms with Crippen LogP contribution in [0.15, 0.2) is 30.6 Å². The molecule has 86 valence electrons. The molecule has 0 saturated carbocycles. The van der Waals surface area contributed by atoms with Gasteiger partial charge in [0.05, 0.1) is 6.61 Å². The summed E-state index contributed by atoms with van der Waals surface area (Å²) in [7, 11) is 0. The summed E-state index contributed by atoms with van der Waals surface area (Å²) < 4.78 is 2.05. The first-order valence-electron chi connectivity index (χ1n) is 5.64. The highest BCUT2D eigenvalue weighted by Crippen LogP contribution is 2.16. The lowest BCUT2D eigenvalue weighted by Gasteiger charge is -2.24. The monoisotopic (exact) mass is 219 g/mol. The van der Waals surface area contributed by atoms with E-state index in [0.717, 1.165) is 24.4 Å². The number of pyridine rings is 1. The van der Waals surface area contributed by atoms with Crippen molar-refractivity contribution in [2.45, 2.75) is 13.3 Å². The van der Waals surface area contributed by atoms with E-state index in [1.54, 1.807) is 6.20 Å². The zero-order valence-corrected chi connectivity index (χ0v) is 9.50. The first-order chi connectivity index (χ1) is 7.86. The maximum atomic E-state index is 9.08. The summed E-state index contributed by atoms with van der Waals surface area (Å²) in [5.41, 5.74) is 0.941. The SMILES string of the molecule is CCCN(CCO)c1cccc2nccn12. The summed E-state index contributed by atoms with van der Waals surface area (Å²) in [4.78, 5) is 6.43. The van der Waals surface area contributed by atoms with Crippen molar-refractivity contribution in [3.8, 4) is 0 Å². The molecule has 0 radical (unpaired) electrons. The molecule has 0 fully saturated rings. The Morgan fingerprint density at radius 1 is 1.38 bits per heavy atom. The van der Waals surface area contributed by atoms with Crippen molar-refractivity contribution in [2.24, 2.45) is 0 Å². The number of aliphatic hydroxyl groups excluding tert-OH is 1. The molecule has 4 nitrogen and oxygen atoms in total. The molecule has 0 amide bonds. The second-order valence-electron chi connectivity index (χ2n) is 3.75. The van der Waals surface area contributed by atoms with E-state index in [2.05, 4.69) is 22.9 Å². The maximum Gasteiger partial charge on any atom is 0.138 e. The van der Waals surface area contributed by atoms with Gasteiger partial charge in [0.25, 0.3) is 0 Å². The minimum absolute atomic E-state index is 0.172. The van der Waals surface area contributed by atoms with Crippen LogP contribution >= 0.6 is 0 Å². The summed E-state index contributed by atoms with van der Waals surface area (Å²) >= 11 is 0. The molecule has 0 unspecified atom stereocenters. The summed E-state index contributed by atoms with van der Waals surface area (Å²) in [5, 5.41) is 9.08. The van der Waals surface area contributed by atoms with Crippen LogP contribution in [0.2, 0.25) is 0 Å². The molecular formula is C12H17N3O. The zero-order chi connectivity index (χ0) is 11.4. The molecule has 2 rings (SSSR count). The molecule has 2 heterocycles. The Bertz CT molecular complexity index is 446. The summed E-state index contributed by atoms with van der Waals surface area (Å²) in [6.45, 7) is 3.91. The Hall–Kier alpha value is -1.55. The summed E-state index contributed by atoms with van der Waals surface area (Å²) in [6.07, 6.45) is 4.80. The molecule has 0 aliphatic rings. The van der Waals surface area contributed by atoms with E-state index in [0.29, 0.717) is 6.54 Å². The number of rotatable bonds is 5. The van der Waals surface area contributed by atoms with E-state index in [9.17, 15) is 0 Å². The molecule has 4 heteroatoms. The number of hydrogen-bond acceptors (Lipinski definition) is 3. The molecule has 0 aliphatic heterocycles. The van der Waals surface area contributed by atoms with Gasteiger partial charge in [0.2, 0.25) is 0 Å². The number of aromatic nitrogens is 2. The van der Waals surface area contributed by atoms with Crippen LogP contribution in [0.5, 0.6) is 0 Å². The van der Waals surface area contributed by atoms with E-state index < -0.39 is 0 Å². The Morgan fingerprint density at radius 3 is 3.00 bits per heavy atom. The van der Waals surface area contributed by atoms with Crippen molar-refractivity contribution >= 4 is 11.5 Å². The van der Waals surface area contributed by atoms with Crippen molar-refractivity contribution in [2.75, 3.05) is 24.6 Å². The Labute approximate surface area is 95.1 Å². The highest BCUT2D eigenvalue weighted by Gasteiger charge is 2.08. The predicted octanol–water partition coefficient (Wildman–Crippen LogP) is 1.54. The molecule has 2 aromatic rings. The molecule has 0 saturated heterocycles. The smallest absolute Gasteiger partial charge is 0.138 e. The van der Waals surface area contributed by atoms with Crippen LogP contribution in [0.3, 0.4) is 0 Å². The highest BCUT2D eigenvalue weighted by atomic mass is 16.3. The molecule has 0 atom stereocenters. The zero-order valence-electron chi connectivity index (χ0n) is 9.50. The van der Waals surface area contributed by atoms with Crippen LogP contribution in [0, 0.1) is 0 Å². The quantitative estimate of drug-likeness (QED) is 0.829. The number of imidazole rings is 1. The first-order valence-corrected chi connectivity index (χ1v) is 5.64. The standard InChI is InChI=1S/C12H17N3O/c1-2-7-14(9-10-16)12-5-3-4-11-13-6-8-15(11)12/h3-6,8,16H,2,7,9-10H2,1H3. The molecule has 1 N–H and O–H groups in total. The van der Waals surface area contributed by atoms with Gasteiger partial charge in [-0.1, -0.05) is 13.0 Å². The van der Waals surface area contributed by atoms with E-state index >= 15 is 0 Å². The molecule has 0 bridgehead atoms. The molecule has 2 aromatic heterocycles. The van der Waals surface area contributed by atoms with Gasteiger partial charge in [0.15, 0.2) is 0 Å². The van der Waals surface area contributed by atoms with Gasteiger partial charge in [0, 0.05) is 25.5 Å². The summed E-state index contributed by atoms with van der Waals surface area (Å²) in [6, 6.07) is 6.03. The van der Waals surface area contributed by atoms with Crippen LogP contribution < -0.4 is 4.90 Å². The van der Waals surface area contributed by atoms with Gasteiger partial charge in [-0.05, 0) is 18.6 Å². The number of aliphatic hydroxyl groups is 1. The third kappa shape index (κ3) is 2.02. The van der Waals surface area contributed by atoms with Crippen molar-refractivity contribution in [1.29, 1.82) is 0 Å². The van der Waals surface area contributed by atoms with Gasteiger partial charge >= 0.3 is 0 Å². The second-order valence-corrected chi connectivity index (χ2v) is 3.75. The molecule has 0 spiro atoms. The fraction of sp³-hybridized carbons (Fsp3) is 0.417. The topological polar surface area (TPSA) is 40.8 Å². The second kappa shape index (κ2) is 4.99. The Balaban J connectivity index is 2.38.